The van der Waals surface area contributed by atoms with Crippen molar-refractivity contribution in [2.24, 2.45) is 0 Å². The summed E-state index contributed by atoms with van der Waals surface area (Å²) in [7, 11) is 0. The fourth-order valence-corrected chi connectivity index (χ4v) is 3.84. The predicted octanol–water partition coefficient (Wildman–Crippen LogP) is 2.25. The van der Waals surface area contributed by atoms with Gasteiger partial charge in [-0.25, -0.2) is 0 Å². The summed E-state index contributed by atoms with van der Waals surface area (Å²) in [6.45, 7) is 8.33. The van der Waals surface area contributed by atoms with Crippen LogP contribution in [0, 0.1) is 25.2 Å². The van der Waals surface area contributed by atoms with Crippen LogP contribution in [0.1, 0.15) is 22.6 Å². The van der Waals surface area contributed by atoms with Gasteiger partial charge in [0.25, 0.3) is 0 Å². The molecule has 2 saturated heterocycles. The van der Waals surface area contributed by atoms with Crippen LogP contribution in [-0.2, 0) is 11.3 Å². The Kier molecular flexibility index (Phi) is 4.20. The predicted molar refractivity (Wildman–Crippen MR) is 93.3 cm³/mol. The highest BCUT2D eigenvalue weighted by Gasteiger charge is 2.40. The average molecular weight is 338 g/mol. The third kappa shape index (κ3) is 3.01. The molecule has 0 amide bonds. The lowest BCUT2D eigenvalue weighted by Gasteiger charge is -2.36. The molecule has 3 heterocycles. The topological polar surface area (TPSA) is 65.5 Å². The number of nitriles is 1. The van der Waals surface area contributed by atoms with Crippen LogP contribution in [0.4, 0.5) is 5.69 Å². The van der Waals surface area contributed by atoms with E-state index in [4.69, 9.17) is 14.5 Å². The Morgan fingerprint density at radius 2 is 2.04 bits per heavy atom. The second kappa shape index (κ2) is 6.51. The number of aromatic nitrogens is 1. The number of morpholine rings is 1. The Morgan fingerprint density at radius 3 is 2.72 bits per heavy atom. The van der Waals surface area contributed by atoms with Crippen LogP contribution >= 0.6 is 0 Å². The number of hydrogen-bond donors (Lipinski definition) is 0. The molecular formula is C19H22N4O2. The maximum Gasteiger partial charge on any atom is 0.138 e. The molecule has 0 bridgehead atoms. The molecule has 1 aromatic carbocycles. The normalized spacial score (nSPS) is 23.5. The summed E-state index contributed by atoms with van der Waals surface area (Å²) in [6.07, 6.45) is 0.213. The first kappa shape index (κ1) is 16.1. The van der Waals surface area contributed by atoms with Crippen LogP contribution in [-0.4, -0.2) is 48.4 Å². The molecule has 6 heteroatoms. The molecule has 0 unspecified atom stereocenters. The van der Waals surface area contributed by atoms with Crippen LogP contribution in [0.15, 0.2) is 28.8 Å². The van der Waals surface area contributed by atoms with Crippen LogP contribution in [0.25, 0.3) is 0 Å². The molecule has 1 aromatic heterocycles. The fourth-order valence-electron chi connectivity index (χ4n) is 3.84. The molecule has 0 aliphatic carbocycles. The molecule has 130 valence electrons. The summed E-state index contributed by atoms with van der Waals surface area (Å²) in [5, 5.41) is 13.0. The number of hydrogen-bond acceptors (Lipinski definition) is 6. The molecule has 4 rings (SSSR count). The van der Waals surface area contributed by atoms with Gasteiger partial charge in [-0.3, -0.25) is 4.90 Å². The van der Waals surface area contributed by atoms with Gasteiger partial charge in [0.05, 0.1) is 36.1 Å². The van der Waals surface area contributed by atoms with E-state index < -0.39 is 0 Å². The van der Waals surface area contributed by atoms with Crippen molar-refractivity contribution < 1.29 is 9.26 Å². The molecule has 25 heavy (non-hydrogen) atoms. The van der Waals surface area contributed by atoms with Crippen LogP contribution in [0.5, 0.6) is 0 Å². The van der Waals surface area contributed by atoms with Gasteiger partial charge in [0, 0.05) is 37.4 Å². The summed E-state index contributed by atoms with van der Waals surface area (Å²) < 4.78 is 11.3. The van der Waals surface area contributed by atoms with Crippen molar-refractivity contribution >= 4 is 5.69 Å². The van der Waals surface area contributed by atoms with E-state index in [-0.39, 0.29) is 6.10 Å². The lowest BCUT2D eigenvalue weighted by molar-refractivity contribution is -0.0501. The molecule has 0 radical (unpaired) electrons. The minimum atomic E-state index is 0.213. The first-order valence-corrected chi connectivity index (χ1v) is 8.68. The van der Waals surface area contributed by atoms with E-state index in [1.54, 1.807) is 0 Å². The van der Waals surface area contributed by atoms with E-state index >= 15 is 0 Å². The molecular weight excluding hydrogens is 316 g/mol. The Balaban J connectivity index is 1.51. The summed E-state index contributed by atoms with van der Waals surface area (Å²) in [6, 6.07) is 10.3. The largest absolute Gasteiger partial charge is 0.373 e. The fraction of sp³-hybridized carbons (Fsp3) is 0.474. The highest BCUT2D eigenvalue weighted by molar-refractivity contribution is 5.51. The Morgan fingerprint density at radius 1 is 1.24 bits per heavy atom. The lowest BCUT2D eigenvalue weighted by atomic mass is 10.1. The van der Waals surface area contributed by atoms with Crippen molar-refractivity contribution in [3.05, 3.63) is 46.8 Å². The molecule has 2 aromatic rings. The minimum Gasteiger partial charge on any atom is -0.373 e. The van der Waals surface area contributed by atoms with Gasteiger partial charge in [-0.1, -0.05) is 5.16 Å². The van der Waals surface area contributed by atoms with Crippen molar-refractivity contribution in [3.8, 4) is 6.07 Å². The Hall–Kier alpha value is -2.36. The van der Waals surface area contributed by atoms with E-state index in [1.165, 1.54) is 5.56 Å². The maximum absolute atomic E-state index is 8.96. The van der Waals surface area contributed by atoms with Crippen molar-refractivity contribution in [2.75, 3.05) is 31.1 Å². The highest BCUT2D eigenvalue weighted by Crippen LogP contribution is 2.29. The summed E-state index contributed by atoms with van der Waals surface area (Å²) in [5.41, 5.74) is 4.01. The molecule has 0 N–H and O–H groups in total. The van der Waals surface area contributed by atoms with Crippen LogP contribution in [0.2, 0.25) is 0 Å². The molecule has 2 atom stereocenters. The monoisotopic (exact) mass is 338 g/mol. The molecule has 0 spiro atoms. The summed E-state index contributed by atoms with van der Waals surface area (Å²) in [4.78, 5) is 4.84. The third-order valence-electron chi connectivity index (χ3n) is 5.32. The maximum atomic E-state index is 8.96. The number of ether oxygens (including phenoxy) is 1. The van der Waals surface area contributed by atoms with E-state index in [9.17, 15) is 0 Å². The smallest absolute Gasteiger partial charge is 0.138 e. The van der Waals surface area contributed by atoms with Crippen molar-refractivity contribution in [1.82, 2.24) is 10.1 Å². The average Bonchev–Trinajstić information content (AvgIpc) is 3.21. The first-order chi connectivity index (χ1) is 12.2. The Labute approximate surface area is 147 Å². The molecule has 0 saturated carbocycles. The van der Waals surface area contributed by atoms with Gasteiger partial charge in [0.15, 0.2) is 0 Å². The molecule has 6 nitrogen and oxygen atoms in total. The van der Waals surface area contributed by atoms with E-state index in [2.05, 4.69) is 21.0 Å². The second-order valence-electron chi connectivity index (χ2n) is 6.81. The summed E-state index contributed by atoms with van der Waals surface area (Å²) >= 11 is 0. The van der Waals surface area contributed by atoms with Gasteiger partial charge in [-0.2, -0.15) is 5.26 Å². The second-order valence-corrected chi connectivity index (χ2v) is 6.81. The van der Waals surface area contributed by atoms with Gasteiger partial charge in [0.1, 0.15) is 5.76 Å². The SMILES string of the molecule is Cc1noc(C)c1CN1CCO[C@@H]2CN(c3ccc(C#N)cc3)C[C@@H]21. The van der Waals surface area contributed by atoms with Gasteiger partial charge < -0.3 is 14.2 Å². The van der Waals surface area contributed by atoms with E-state index in [0.717, 1.165) is 49.9 Å². The van der Waals surface area contributed by atoms with Crippen molar-refractivity contribution in [1.29, 1.82) is 5.26 Å². The third-order valence-corrected chi connectivity index (χ3v) is 5.32. The Bertz CT molecular complexity index is 773. The zero-order valence-corrected chi connectivity index (χ0v) is 14.6. The first-order valence-electron chi connectivity index (χ1n) is 8.68. The zero-order chi connectivity index (χ0) is 17.4. The summed E-state index contributed by atoms with van der Waals surface area (Å²) in [5.74, 6) is 0.905. The highest BCUT2D eigenvalue weighted by atomic mass is 16.5. The minimum absolute atomic E-state index is 0.213. The number of aryl methyl sites for hydroxylation is 2. The van der Waals surface area contributed by atoms with Crippen LogP contribution in [0.3, 0.4) is 0 Å². The van der Waals surface area contributed by atoms with E-state index in [0.29, 0.717) is 11.6 Å². The standard InChI is InChI=1S/C19H22N4O2/c1-13-17(14(2)25-21-13)10-22-7-8-24-19-12-23(11-18(19)22)16-5-3-15(9-20)4-6-16/h3-6,18-19H,7-8,10-12H2,1-2H3/t18-,19+/m0/s1. The molecule has 2 aliphatic heterocycles. The molecule has 2 fully saturated rings. The molecule has 2 aliphatic rings. The lowest BCUT2D eigenvalue weighted by Crippen LogP contribution is -2.50. The number of benzene rings is 1. The van der Waals surface area contributed by atoms with Crippen molar-refractivity contribution in [2.45, 2.75) is 32.5 Å². The number of anilines is 1. The number of nitrogens with zero attached hydrogens (tertiary/aromatic N) is 4. The van der Waals surface area contributed by atoms with Crippen LogP contribution < -0.4 is 4.90 Å². The number of fused-ring (bicyclic) bond motifs is 1. The van der Waals surface area contributed by atoms with Gasteiger partial charge in [-0.15, -0.1) is 0 Å². The number of rotatable bonds is 3. The quantitative estimate of drug-likeness (QED) is 0.855. The van der Waals surface area contributed by atoms with Gasteiger partial charge in [-0.05, 0) is 38.1 Å². The zero-order valence-electron chi connectivity index (χ0n) is 14.6. The van der Waals surface area contributed by atoms with E-state index in [1.807, 2.05) is 38.1 Å². The van der Waals surface area contributed by atoms with Gasteiger partial charge >= 0.3 is 0 Å². The van der Waals surface area contributed by atoms with Gasteiger partial charge in [0.2, 0.25) is 0 Å². The van der Waals surface area contributed by atoms with Crippen molar-refractivity contribution in [3.63, 3.8) is 0 Å².